The van der Waals surface area contributed by atoms with Gasteiger partial charge in [-0.25, -0.2) is 0 Å². The Bertz CT molecular complexity index is 625. The summed E-state index contributed by atoms with van der Waals surface area (Å²) in [6.07, 6.45) is 0.505. The summed E-state index contributed by atoms with van der Waals surface area (Å²) < 4.78 is 0. The smallest absolute Gasteiger partial charge is 0.283 e. The van der Waals surface area contributed by atoms with Gasteiger partial charge in [-0.05, 0) is 25.5 Å². The summed E-state index contributed by atoms with van der Waals surface area (Å²) in [6, 6.07) is 9.75. The van der Waals surface area contributed by atoms with Crippen LogP contribution in [0.25, 0.3) is 0 Å². The summed E-state index contributed by atoms with van der Waals surface area (Å²) in [6.45, 7) is 4.58. The quantitative estimate of drug-likeness (QED) is 0.845. The van der Waals surface area contributed by atoms with Gasteiger partial charge in [0.25, 0.3) is 5.91 Å². The second-order valence-corrected chi connectivity index (χ2v) is 5.27. The van der Waals surface area contributed by atoms with Crippen LogP contribution in [0, 0.1) is 36.5 Å². The normalized spacial score (nSPS) is 9.45. The first-order valence-corrected chi connectivity index (χ1v) is 7.31. The first-order valence-electron chi connectivity index (χ1n) is 6.91. The Morgan fingerprint density at radius 2 is 1.82 bits per heavy atom. The number of aryl methyl sites for hydroxylation is 2. The van der Waals surface area contributed by atoms with Gasteiger partial charge in [0, 0.05) is 18.8 Å². The molecule has 0 spiro atoms. The van der Waals surface area contributed by atoms with E-state index in [9.17, 15) is 4.79 Å². The maximum Gasteiger partial charge on any atom is 0.283 e. The maximum absolute atomic E-state index is 12.3. The Balaban J connectivity index is 2.78. The van der Waals surface area contributed by atoms with Crippen LogP contribution >= 0.6 is 12.2 Å². The molecule has 0 fully saturated rings. The fourth-order valence-electron chi connectivity index (χ4n) is 1.96. The lowest BCUT2D eigenvalue weighted by Gasteiger charge is -2.22. The van der Waals surface area contributed by atoms with Gasteiger partial charge in [0.05, 0.1) is 25.0 Å². The van der Waals surface area contributed by atoms with Crippen LogP contribution in [0.3, 0.4) is 0 Å². The highest BCUT2D eigenvalue weighted by molar-refractivity contribution is 7.82. The SMILES string of the molecule is Cc1ccc(NC(=O)C(=S)N(CCC#N)CCC#N)c(C)c1. The number of carbonyl (C=O) groups excluding carboxylic acids is 1. The number of amides is 1. The fourth-order valence-corrected chi connectivity index (χ4v) is 2.19. The molecule has 0 heterocycles. The summed E-state index contributed by atoms with van der Waals surface area (Å²) in [4.78, 5) is 14.0. The second-order valence-electron chi connectivity index (χ2n) is 4.88. The molecule has 1 aromatic rings. The molecule has 22 heavy (non-hydrogen) atoms. The standard InChI is InChI=1S/C16H18N4OS/c1-12-5-6-14(13(2)11-12)19-15(21)16(22)20(9-3-7-17)10-4-8-18/h5-6,11H,3-4,9-10H2,1-2H3,(H,19,21). The van der Waals surface area contributed by atoms with E-state index in [0.717, 1.165) is 11.1 Å². The molecule has 0 aliphatic carbocycles. The molecule has 0 saturated carbocycles. The number of thiocarbonyl (C=S) groups is 1. The van der Waals surface area contributed by atoms with Crippen molar-refractivity contribution >= 4 is 28.8 Å². The van der Waals surface area contributed by atoms with Crippen molar-refractivity contribution in [3.63, 3.8) is 0 Å². The van der Waals surface area contributed by atoms with Gasteiger partial charge < -0.3 is 10.2 Å². The lowest BCUT2D eigenvalue weighted by Crippen LogP contribution is -2.39. The molecule has 1 N–H and O–H groups in total. The number of hydrogen-bond acceptors (Lipinski definition) is 4. The summed E-state index contributed by atoms with van der Waals surface area (Å²) in [5.41, 5.74) is 2.78. The van der Waals surface area contributed by atoms with Crippen molar-refractivity contribution in [1.29, 1.82) is 10.5 Å². The van der Waals surface area contributed by atoms with Crippen molar-refractivity contribution in [3.8, 4) is 12.1 Å². The molecule has 5 nitrogen and oxygen atoms in total. The zero-order chi connectivity index (χ0) is 16.5. The van der Waals surface area contributed by atoms with Crippen LogP contribution < -0.4 is 5.32 Å². The molecule has 0 aliphatic rings. The molecule has 1 amide bonds. The minimum Gasteiger partial charge on any atom is -0.356 e. The van der Waals surface area contributed by atoms with E-state index in [1.54, 1.807) is 4.90 Å². The molecule has 0 aliphatic heterocycles. The van der Waals surface area contributed by atoms with Crippen LogP contribution in [-0.4, -0.2) is 28.9 Å². The Kier molecular flexibility index (Phi) is 7.01. The van der Waals surface area contributed by atoms with Crippen LogP contribution in [-0.2, 0) is 4.79 Å². The Hall–Kier alpha value is -2.44. The molecule has 114 valence electrons. The average Bonchev–Trinajstić information content (AvgIpc) is 2.49. The first-order chi connectivity index (χ1) is 10.5. The Morgan fingerprint density at radius 1 is 1.23 bits per heavy atom. The van der Waals surface area contributed by atoms with Crippen LogP contribution in [0.1, 0.15) is 24.0 Å². The Morgan fingerprint density at radius 3 is 2.32 bits per heavy atom. The van der Waals surface area contributed by atoms with Crippen LogP contribution in [0.2, 0.25) is 0 Å². The van der Waals surface area contributed by atoms with Gasteiger partial charge in [-0.1, -0.05) is 29.9 Å². The number of anilines is 1. The van der Waals surface area contributed by atoms with E-state index < -0.39 is 5.91 Å². The lowest BCUT2D eigenvalue weighted by atomic mass is 10.1. The predicted octanol–water partition coefficient (Wildman–Crippen LogP) is 2.70. The van der Waals surface area contributed by atoms with Gasteiger partial charge in [-0.3, -0.25) is 4.79 Å². The van der Waals surface area contributed by atoms with Gasteiger partial charge in [0.2, 0.25) is 0 Å². The molecule has 6 heteroatoms. The average molecular weight is 314 g/mol. The number of rotatable bonds is 5. The zero-order valence-corrected chi connectivity index (χ0v) is 13.5. The number of nitrogens with zero attached hydrogens (tertiary/aromatic N) is 3. The van der Waals surface area contributed by atoms with Crippen LogP contribution in [0.5, 0.6) is 0 Å². The lowest BCUT2D eigenvalue weighted by molar-refractivity contribution is -0.110. The third kappa shape index (κ3) is 5.16. The van der Waals surface area contributed by atoms with Crippen LogP contribution in [0.4, 0.5) is 5.69 Å². The van der Waals surface area contributed by atoms with E-state index in [0.29, 0.717) is 18.8 Å². The molecule has 1 rings (SSSR count). The monoisotopic (exact) mass is 314 g/mol. The minimum absolute atomic E-state index is 0.102. The molecular formula is C16H18N4OS. The van der Waals surface area contributed by atoms with Crippen molar-refractivity contribution < 1.29 is 4.79 Å². The van der Waals surface area contributed by atoms with Gasteiger partial charge >= 0.3 is 0 Å². The molecule has 0 saturated heterocycles. The highest BCUT2D eigenvalue weighted by atomic mass is 32.1. The topological polar surface area (TPSA) is 79.9 Å². The van der Waals surface area contributed by atoms with Gasteiger partial charge in [-0.15, -0.1) is 0 Å². The molecule has 0 bridgehead atoms. The summed E-state index contributed by atoms with van der Waals surface area (Å²) in [5, 5.41) is 20.1. The van der Waals surface area contributed by atoms with Gasteiger partial charge in [0.1, 0.15) is 0 Å². The first kappa shape index (κ1) is 17.6. The molecule has 1 aromatic carbocycles. The van der Waals surface area contributed by atoms with Crippen molar-refractivity contribution in [1.82, 2.24) is 4.90 Å². The van der Waals surface area contributed by atoms with Crippen molar-refractivity contribution in [2.75, 3.05) is 18.4 Å². The van der Waals surface area contributed by atoms with Crippen molar-refractivity contribution in [2.45, 2.75) is 26.7 Å². The van der Waals surface area contributed by atoms with E-state index in [1.165, 1.54) is 0 Å². The largest absolute Gasteiger partial charge is 0.356 e. The van der Waals surface area contributed by atoms with E-state index >= 15 is 0 Å². The summed E-state index contributed by atoms with van der Waals surface area (Å²) >= 11 is 5.19. The maximum atomic E-state index is 12.3. The number of nitrogens with one attached hydrogen (secondary N) is 1. The summed E-state index contributed by atoms with van der Waals surface area (Å²) in [5.74, 6) is -0.391. The highest BCUT2D eigenvalue weighted by Gasteiger charge is 2.17. The fraction of sp³-hybridized carbons (Fsp3) is 0.375. The third-order valence-corrected chi connectivity index (χ3v) is 3.54. The minimum atomic E-state index is -0.391. The Labute approximate surface area is 136 Å². The number of benzene rings is 1. The van der Waals surface area contributed by atoms with Gasteiger partial charge in [-0.2, -0.15) is 10.5 Å². The van der Waals surface area contributed by atoms with E-state index in [2.05, 4.69) is 5.32 Å². The van der Waals surface area contributed by atoms with Crippen molar-refractivity contribution in [3.05, 3.63) is 29.3 Å². The van der Waals surface area contributed by atoms with E-state index in [1.807, 2.05) is 44.2 Å². The number of nitriles is 2. The zero-order valence-electron chi connectivity index (χ0n) is 12.7. The van der Waals surface area contributed by atoms with Crippen molar-refractivity contribution in [2.24, 2.45) is 0 Å². The number of hydrogen-bond donors (Lipinski definition) is 1. The van der Waals surface area contributed by atoms with Crippen LogP contribution in [0.15, 0.2) is 18.2 Å². The highest BCUT2D eigenvalue weighted by Crippen LogP contribution is 2.16. The summed E-state index contributed by atoms with van der Waals surface area (Å²) in [7, 11) is 0. The predicted molar refractivity (Wildman–Crippen MR) is 89.2 cm³/mol. The second kappa shape index (κ2) is 8.76. The van der Waals surface area contributed by atoms with E-state index in [4.69, 9.17) is 22.7 Å². The molecule has 0 aromatic heterocycles. The third-order valence-electron chi connectivity index (χ3n) is 3.10. The molecule has 0 radical (unpaired) electrons. The molecule has 0 unspecified atom stereocenters. The molecular weight excluding hydrogens is 296 g/mol. The number of carbonyl (C=O) groups is 1. The van der Waals surface area contributed by atoms with Gasteiger partial charge in [0.15, 0.2) is 4.99 Å². The van der Waals surface area contributed by atoms with E-state index in [-0.39, 0.29) is 17.8 Å². The molecule has 0 atom stereocenters.